The number of benzene rings is 1. The molecule has 3 nitrogen and oxygen atoms in total. The summed E-state index contributed by atoms with van der Waals surface area (Å²) in [4.78, 5) is 7.71. The zero-order valence-electron chi connectivity index (χ0n) is 9.79. The van der Waals surface area contributed by atoms with Crippen LogP contribution in [0.15, 0.2) is 30.5 Å². The Bertz CT molecular complexity index is 596. The summed E-state index contributed by atoms with van der Waals surface area (Å²) in [6.07, 6.45) is -3.34. The van der Waals surface area contributed by atoms with Gasteiger partial charge in [-0.1, -0.05) is 0 Å². The van der Waals surface area contributed by atoms with Crippen molar-refractivity contribution in [3.63, 3.8) is 0 Å². The first kappa shape index (κ1) is 13.3. The molecule has 1 aromatic heterocycles. The fourth-order valence-corrected chi connectivity index (χ4v) is 1.57. The van der Waals surface area contributed by atoms with E-state index in [1.165, 1.54) is 12.3 Å². The van der Waals surface area contributed by atoms with E-state index in [2.05, 4.69) is 15.3 Å². The molecular weight excluding hydrogens is 262 g/mol. The molecule has 0 spiro atoms. The number of aromatic nitrogens is 2. The molecular formula is C12H9F4N3. The summed E-state index contributed by atoms with van der Waals surface area (Å²) in [6.45, 7) is 0. The van der Waals surface area contributed by atoms with Crippen LogP contribution in [0.4, 0.5) is 23.4 Å². The van der Waals surface area contributed by atoms with Crippen molar-refractivity contribution in [3.8, 4) is 11.4 Å². The standard InChI is InChI=1S/C12H9F4N3/c1-17-10-4-5-18-11(19-10)8-3-2-7(13)6-9(8)12(14,15)16/h2-6H,1H3,(H,17,18,19). The third-order valence-electron chi connectivity index (χ3n) is 2.44. The summed E-state index contributed by atoms with van der Waals surface area (Å²) in [5.41, 5.74) is -1.35. The van der Waals surface area contributed by atoms with E-state index in [0.717, 1.165) is 12.1 Å². The molecule has 2 aromatic rings. The van der Waals surface area contributed by atoms with Crippen LogP contribution in [0.1, 0.15) is 5.56 Å². The first-order valence-corrected chi connectivity index (χ1v) is 5.29. The van der Waals surface area contributed by atoms with E-state index in [1.807, 2.05) is 0 Å². The summed E-state index contributed by atoms with van der Waals surface area (Å²) in [6, 6.07) is 3.91. The summed E-state index contributed by atoms with van der Waals surface area (Å²) < 4.78 is 51.6. The lowest BCUT2D eigenvalue weighted by Gasteiger charge is -2.12. The van der Waals surface area contributed by atoms with Crippen LogP contribution in [0.3, 0.4) is 0 Å². The van der Waals surface area contributed by atoms with Crippen molar-refractivity contribution >= 4 is 5.82 Å². The molecule has 1 N–H and O–H groups in total. The number of rotatable bonds is 2. The van der Waals surface area contributed by atoms with Gasteiger partial charge in [0.15, 0.2) is 5.82 Å². The average molecular weight is 271 g/mol. The Morgan fingerprint density at radius 3 is 2.53 bits per heavy atom. The van der Waals surface area contributed by atoms with Crippen molar-refractivity contribution in [2.75, 3.05) is 12.4 Å². The third kappa shape index (κ3) is 2.81. The Kier molecular flexibility index (Phi) is 3.37. The lowest BCUT2D eigenvalue weighted by molar-refractivity contribution is -0.137. The first-order chi connectivity index (χ1) is 8.91. The predicted molar refractivity (Wildman–Crippen MR) is 62.0 cm³/mol. The molecule has 100 valence electrons. The van der Waals surface area contributed by atoms with Gasteiger partial charge in [0.2, 0.25) is 0 Å². The van der Waals surface area contributed by atoms with Gasteiger partial charge in [0.25, 0.3) is 0 Å². The second-order valence-electron chi connectivity index (χ2n) is 3.70. The van der Waals surface area contributed by atoms with Gasteiger partial charge >= 0.3 is 6.18 Å². The summed E-state index contributed by atoms with van der Waals surface area (Å²) in [7, 11) is 1.58. The zero-order chi connectivity index (χ0) is 14.0. The Morgan fingerprint density at radius 2 is 1.89 bits per heavy atom. The van der Waals surface area contributed by atoms with Crippen LogP contribution in [0.2, 0.25) is 0 Å². The van der Waals surface area contributed by atoms with E-state index < -0.39 is 17.6 Å². The maximum atomic E-state index is 13.0. The second kappa shape index (κ2) is 4.83. The SMILES string of the molecule is CNc1ccnc(-c2ccc(F)cc2C(F)(F)F)n1. The molecule has 0 aliphatic rings. The van der Waals surface area contributed by atoms with Crippen LogP contribution in [0, 0.1) is 5.82 Å². The lowest BCUT2D eigenvalue weighted by Crippen LogP contribution is -2.09. The largest absolute Gasteiger partial charge is 0.417 e. The van der Waals surface area contributed by atoms with Gasteiger partial charge in [-0.05, 0) is 24.3 Å². The predicted octanol–water partition coefficient (Wildman–Crippen LogP) is 3.34. The van der Waals surface area contributed by atoms with Gasteiger partial charge in [-0.25, -0.2) is 14.4 Å². The number of hydrogen-bond donors (Lipinski definition) is 1. The topological polar surface area (TPSA) is 37.8 Å². The third-order valence-corrected chi connectivity index (χ3v) is 2.44. The highest BCUT2D eigenvalue weighted by atomic mass is 19.4. The van der Waals surface area contributed by atoms with Gasteiger partial charge in [0, 0.05) is 18.8 Å². The molecule has 1 heterocycles. The van der Waals surface area contributed by atoms with Crippen LogP contribution in [-0.4, -0.2) is 17.0 Å². The molecule has 0 radical (unpaired) electrons. The van der Waals surface area contributed by atoms with Crippen LogP contribution < -0.4 is 5.32 Å². The number of hydrogen-bond acceptors (Lipinski definition) is 3. The van der Waals surface area contributed by atoms with E-state index in [9.17, 15) is 17.6 Å². The van der Waals surface area contributed by atoms with E-state index >= 15 is 0 Å². The minimum atomic E-state index is -4.67. The molecule has 0 saturated heterocycles. The number of halogens is 4. The van der Waals surface area contributed by atoms with Gasteiger partial charge < -0.3 is 5.32 Å². The quantitative estimate of drug-likeness (QED) is 0.851. The van der Waals surface area contributed by atoms with E-state index in [0.29, 0.717) is 11.9 Å². The van der Waals surface area contributed by atoms with Crippen molar-refractivity contribution in [2.45, 2.75) is 6.18 Å². The molecule has 0 bridgehead atoms. The molecule has 0 amide bonds. The van der Waals surface area contributed by atoms with Crippen molar-refractivity contribution in [3.05, 3.63) is 41.8 Å². The first-order valence-electron chi connectivity index (χ1n) is 5.29. The highest BCUT2D eigenvalue weighted by molar-refractivity contribution is 5.62. The van der Waals surface area contributed by atoms with Crippen LogP contribution in [-0.2, 0) is 6.18 Å². The Hall–Kier alpha value is -2.18. The van der Waals surface area contributed by atoms with Crippen LogP contribution in [0.5, 0.6) is 0 Å². The van der Waals surface area contributed by atoms with E-state index in [-0.39, 0.29) is 11.4 Å². The number of anilines is 1. The van der Waals surface area contributed by atoms with Gasteiger partial charge in [0.1, 0.15) is 11.6 Å². The minimum Gasteiger partial charge on any atom is -0.373 e. The normalized spacial score (nSPS) is 11.4. The molecule has 0 aliphatic heterocycles. The zero-order valence-corrected chi connectivity index (χ0v) is 9.79. The fourth-order valence-electron chi connectivity index (χ4n) is 1.57. The van der Waals surface area contributed by atoms with Crippen molar-refractivity contribution in [1.29, 1.82) is 0 Å². The van der Waals surface area contributed by atoms with Crippen molar-refractivity contribution < 1.29 is 17.6 Å². The van der Waals surface area contributed by atoms with Crippen molar-refractivity contribution in [2.24, 2.45) is 0 Å². The monoisotopic (exact) mass is 271 g/mol. The Balaban J connectivity index is 2.61. The van der Waals surface area contributed by atoms with Gasteiger partial charge in [0.05, 0.1) is 5.56 Å². The van der Waals surface area contributed by atoms with Crippen molar-refractivity contribution in [1.82, 2.24) is 9.97 Å². The molecule has 2 rings (SSSR count). The minimum absolute atomic E-state index is 0.112. The lowest BCUT2D eigenvalue weighted by atomic mass is 10.1. The van der Waals surface area contributed by atoms with Gasteiger partial charge in [-0.15, -0.1) is 0 Å². The fraction of sp³-hybridized carbons (Fsp3) is 0.167. The highest BCUT2D eigenvalue weighted by Crippen LogP contribution is 2.36. The molecule has 19 heavy (non-hydrogen) atoms. The molecule has 7 heteroatoms. The van der Waals surface area contributed by atoms with E-state index in [1.54, 1.807) is 7.05 Å². The van der Waals surface area contributed by atoms with Gasteiger partial charge in [-0.2, -0.15) is 13.2 Å². The molecule has 0 atom stereocenters. The number of nitrogens with one attached hydrogen (secondary N) is 1. The smallest absolute Gasteiger partial charge is 0.373 e. The summed E-state index contributed by atoms with van der Waals surface area (Å²) >= 11 is 0. The molecule has 0 fully saturated rings. The van der Waals surface area contributed by atoms with Crippen LogP contribution >= 0.6 is 0 Å². The van der Waals surface area contributed by atoms with E-state index in [4.69, 9.17) is 0 Å². The summed E-state index contributed by atoms with van der Waals surface area (Å²) in [5, 5.41) is 2.70. The van der Waals surface area contributed by atoms with Gasteiger partial charge in [-0.3, -0.25) is 0 Å². The highest BCUT2D eigenvalue weighted by Gasteiger charge is 2.34. The van der Waals surface area contributed by atoms with Crippen LogP contribution in [0.25, 0.3) is 11.4 Å². The Morgan fingerprint density at radius 1 is 1.16 bits per heavy atom. The Labute approximate surface area is 106 Å². The maximum Gasteiger partial charge on any atom is 0.417 e. The number of nitrogens with zero attached hydrogens (tertiary/aromatic N) is 2. The maximum absolute atomic E-state index is 13.0. The number of alkyl halides is 3. The second-order valence-corrected chi connectivity index (χ2v) is 3.70. The molecule has 0 aliphatic carbocycles. The molecule has 1 aromatic carbocycles. The molecule has 0 saturated carbocycles. The molecule has 0 unspecified atom stereocenters. The summed E-state index contributed by atoms with van der Waals surface area (Å²) in [5.74, 6) is -0.692. The average Bonchev–Trinajstić information content (AvgIpc) is 2.37.